The quantitative estimate of drug-likeness (QED) is 0.686. The summed E-state index contributed by atoms with van der Waals surface area (Å²) in [7, 11) is 0. The summed E-state index contributed by atoms with van der Waals surface area (Å²) in [6, 6.07) is 11.5. The lowest BCUT2D eigenvalue weighted by Gasteiger charge is -2.16. The summed E-state index contributed by atoms with van der Waals surface area (Å²) in [5, 5.41) is 5.56. The van der Waals surface area contributed by atoms with E-state index >= 15 is 0 Å². The Morgan fingerprint density at radius 3 is 2.89 bits per heavy atom. The minimum Gasteiger partial charge on any atom is -0.449 e. The third-order valence-corrected chi connectivity index (χ3v) is 5.67. The lowest BCUT2D eigenvalue weighted by atomic mass is 10.0. The lowest BCUT2D eigenvalue weighted by Crippen LogP contribution is -2.35. The first-order valence-electron chi connectivity index (χ1n) is 9.05. The van der Waals surface area contributed by atoms with E-state index in [9.17, 15) is 9.59 Å². The number of esters is 1. The van der Waals surface area contributed by atoms with Gasteiger partial charge in [-0.3, -0.25) is 9.78 Å². The van der Waals surface area contributed by atoms with Crippen LogP contribution < -0.4 is 5.32 Å². The summed E-state index contributed by atoms with van der Waals surface area (Å²) in [5.41, 5.74) is 3.28. The summed E-state index contributed by atoms with van der Waals surface area (Å²) in [6.45, 7) is 2.04. The van der Waals surface area contributed by atoms with E-state index in [0.29, 0.717) is 12.1 Å². The molecule has 2 heterocycles. The number of pyridine rings is 1. The van der Waals surface area contributed by atoms with E-state index in [-0.39, 0.29) is 5.91 Å². The van der Waals surface area contributed by atoms with Gasteiger partial charge in [0.2, 0.25) is 0 Å². The average molecular weight is 380 g/mol. The first kappa shape index (κ1) is 17.7. The number of carbonyl (C=O) groups is 2. The van der Waals surface area contributed by atoms with E-state index in [4.69, 9.17) is 4.74 Å². The number of fused-ring (bicyclic) bond motifs is 2. The van der Waals surface area contributed by atoms with Crippen molar-refractivity contribution in [1.29, 1.82) is 0 Å². The summed E-state index contributed by atoms with van der Waals surface area (Å²) in [5.74, 6) is -0.753. The van der Waals surface area contributed by atoms with E-state index in [1.54, 1.807) is 18.3 Å². The van der Waals surface area contributed by atoms with Crippen molar-refractivity contribution in [3.8, 4) is 0 Å². The molecule has 1 aliphatic carbocycles. The first-order valence-corrected chi connectivity index (χ1v) is 9.93. The maximum absolute atomic E-state index is 12.9. The van der Waals surface area contributed by atoms with Gasteiger partial charge in [0, 0.05) is 16.0 Å². The van der Waals surface area contributed by atoms with E-state index in [2.05, 4.69) is 10.3 Å². The Morgan fingerprint density at radius 1 is 1.22 bits per heavy atom. The molecule has 27 heavy (non-hydrogen) atoms. The van der Waals surface area contributed by atoms with Gasteiger partial charge in [0.15, 0.2) is 6.10 Å². The SMILES string of the molecule is C[C@H](OC(=O)c1c2c(nc3ccccc13)CCC2)C(=O)NCc1cccs1. The molecule has 1 N–H and O–H groups in total. The Bertz CT molecular complexity index is 998. The predicted octanol–water partition coefficient (Wildman–Crippen LogP) is 3.65. The molecule has 2 aromatic heterocycles. The van der Waals surface area contributed by atoms with Crippen molar-refractivity contribution in [2.24, 2.45) is 0 Å². The molecule has 0 unspecified atom stereocenters. The van der Waals surface area contributed by atoms with Crippen LogP contribution in [0.5, 0.6) is 0 Å². The smallest absolute Gasteiger partial charge is 0.339 e. The molecule has 1 aromatic carbocycles. The number of aryl methyl sites for hydroxylation is 1. The minimum atomic E-state index is -0.860. The Balaban J connectivity index is 1.53. The van der Waals surface area contributed by atoms with Gasteiger partial charge in [0.05, 0.1) is 17.6 Å². The number of ether oxygens (including phenoxy) is 1. The zero-order valence-corrected chi connectivity index (χ0v) is 15.8. The third kappa shape index (κ3) is 3.57. The number of carbonyl (C=O) groups excluding carboxylic acids is 2. The van der Waals surface area contributed by atoms with Crippen LogP contribution in [0.2, 0.25) is 0 Å². The van der Waals surface area contributed by atoms with Crippen molar-refractivity contribution >= 4 is 34.1 Å². The highest BCUT2D eigenvalue weighted by Gasteiger charge is 2.27. The second-order valence-electron chi connectivity index (χ2n) is 6.63. The molecular formula is C21H20N2O3S. The van der Waals surface area contributed by atoms with Crippen molar-refractivity contribution in [3.63, 3.8) is 0 Å². The van der Waals surface area contributed by atoms with Gasteiger partial charge < -0.3 is 10.1 Å². The molecular weight excluding hydrogens is 360 g/mol. The van der Waals surface area contributed by atoms with Crippen LogP contribution in [0.3, 0.4) is 0 Å². The molecule has 0 saturated carbocycles. The zero-order chi connectivity index (χ0) is 18.8. The van der Waals surface area contributed by atoms with Crippen molar-refractivity contribution in [2.45, 2.75) is 38.8 Å². The monoisotopic (exact) mass is 380 g/mol. The molecule has 0 radical (unpaired) electrons. The van der Waals surface area contributed by atoms with Gasteiger partial charge in [0.1, 0.15) is 0 Å². The highest BCUT2D eigenvalue weighted by atomic mass is 32.1. The fraction of sp³-hybridized carbons (Fsp3) is 0.286. The number of hydrogen-bond acceptors (Lipinski definition) is 5. The average Bonchev–Trinajstić information content (AvgIpc) is 3.35. The molecule has 0 spiro atoms. The molecule has 138 valence electrons. The van der Waals surface area contributed by atoms with Crippen molar-refractivity contribution < 1.29 is 14.3 Å². The molecule has 5 nitrogen and oxygen atoms in total. The number of hydrogen-bond donors (Lipinski definition) is 1. The van der Waals surface area contributed by atoms with Crippen molar-refractivity contribution in [1.82, 2.24) is 10.3 Å². The molecule has 6 heteroatoms. The normalized spacial score (nSPS) is 14.0. The second kappa shape index (κ2) is 7.48. The van der Waals surface area contributed by atoms with Crippen LogP contribution in [0.4, 0.5) is 0 Å². The summed E-state index contributed by atoms with van der Waals surface area (Å²) < 4.78 is 5.53. The number of thiophene rings is 1. The van der Waals surface area contributed by atoms with E-state index in [0.717, 1.165) is 46.3 Å². The molecule has 1 amide bonds. The number of rotatable bonds is 5. The number of amides is 1. The van der Waals surface area contributed by atoms with E-state index in [1.165, 1.54) is 0 Å². The van der Waals surface area contributed by atoms with Gasteiger partial charge in [-0.15, -0.1) is 11.3 Å². The molecule has 0 bridgehead atoms. The number of nitrogens with zero attached hydrogens (tertiary/aromatic N) is 1. The Kier molecular flexibility index (Phi) is 4.90. The Labute approximate surface area is 161 Å². The highest BCUT2D eigenvalue weighted by molar-refractivity contribution is 7.09. The lowest BCUT2D eigenvalue weighted by molar-refractivity contribution is -0.129. The van der Waals surface area contributed by atoms with Crippen LogP contribution >= 0.6 is 11.3 Å². The van der Waals surface area contributed by atoms with Gasteiger partial charge in [-0.05, 0) is 49.3 Å². The Morgan fingerprint density at radius 2 is 2.07 bits per heavy atom. The van der Waals surface area contributed by atoms with E-state index < -0.39 is 12.1 Å². The first-order chi connectivity index (χ1) is 13.1. The van der Waals surface area contributed by atoms with E-state index in [1.807, 2.05) is 41.8 Å². The third-order valence-electron chi connectivity index (χ3n) is 4.79. The van der Waals surface area contributed by atoms with Crippen LogP contribution in [0.25, 0.3) is 10.9 Å². The van der Waals surface area contributed by atoms with Crippen LogP contribution in [0, 0.1) is 0 Å². The second-order valence-corrected chi connectivity index (χ2v) is 7.66. The summed E-state index contributed by atoms with van der Waals surface area (Å²) in [6.07, 6.45) is 1.81. The largest absolute Gasteiger partial charge is 0.449 e. The van der Waals surface area contributed by atoms with Gasteiger partial charge in [-0.2, -0.15) is 0 Å². The predicted molar refractivity (Wildman–Crippen MR) is 105 cm³/mol. The molecule has 1 aliphatic rings. The maximum Gasteiger partial charge on any atom is 0.339 e. The fourth-order valence-corrected chi connectivity index (χ4v) is 4.09. The standard InChI is InChI=1S/C21H20N2O3S/c1-13(20(24)22-12-14-6-5-11-27-14)26-21(25)19-15-7-2-3-9-17(15)23-18-10-4-8-16(18)19/h2-3,5-7,9,11,13H,4,8,10,12H2,1H3,(H,22,24)/t13-/m0/s1. The minimum absolute atomic E-state index is 0.299. The molecule has 3 aromatic rings. The fourth-order valence-electron chi connectivity index (χ4n) is 3.45. The highest BCUT2D eigenvalue weighted by Crippen LogP contribution is 2.30. The Hall–Kier alpha value is -2.73. The van der Waals surface area contributed by atoms with Gasteiger partial charge >= 0.3 is 5.97 Å². The van der Waals surface area contributed by atoms with Crippen molar-refractivity contribution in [3.05, 3.63) is 63.5 Å². The number of nitrogens with one attached hydrogen (secondary N) is 1. The summed E-state index contributed by atoms with van der Waals surface area (Å²) >= 11 is 1.57. The molecule has 0 saturated heterocycles. The molecule has 1 atom stereocenters. The molecule has 0 aliphatic heterocycles. The van der Waals surface area contributed by atoms with Crippen LogP contribution in [0.1, 0.15) is 39.8 Å². The number of benzene rings is 1. The van der Waals surface area contributed by atoms with Crippen LogP contribution in [-0.2, 0) is 28.9 Å². The van der Waals surface area contributed by atoms with Gasteiger partial charge in [-0.25, -0.2) is 4.79 Å². The van der Waals surface area contributed by atoms with Gasteiger partial charge in [-0.1, -0.05) is 24.3 Å². The number of aromatic nitrogens is 1. The molecule has 4 rings (SSSR count). The summed E-state index contributed by atoms with van der Waals surface area (Å²) in [4.78, 5) is 31.0. The van der Waals surface area contributed by atoms with Gasteiger partial charge in [0.25, 0.3) is 5.91 Å². The number of para-hydroxylation sites is 1. The zero-order valence-electron chi connectivity index (χ0n) is 15.0. The van der Waals surface area contributed by atoms with Crippen LogP contribution in [-0.4, -0.2) is 23.0 Å². The van der Waals surface area contributed by atoms with Crippen molar-refractivity contribution in [2.75, 3.05) is 0 Å². The topological polar surface area (TPSA) is 68.3 Å². The van der Waals surface area contributed by atoms with Crippen LogP contribution in [0.15, 0.2) is 41.8 Å². The maximum atomic E-state index is 12.9. The molecule has 0 fully saturated rings.